The van der Waals surface area contributed by atoms with Crippen LogP contribution >= 0.6 is 0 Å². The smallest absolute Gasteiger partial charge is 0.433 e. The Morgan fingerprint density at radius 1 is 1.27 bits per heavy atom. The van der Waals surface area contributed by atoms with Gasteiger partial charge in [0.2, 0.25) is 0 Å². The molecule has 3 aromatic rings. The van der Waals surface area contributed by atoms with Crippen LogP contribution in [0.25, 0.3) is 11.0 Å². The van der Waals surface area contributed by atoms with E-state index in [4.69, 9.17) is 19.6 Å². The van der Waals surface area contributed by atoms with E-state index in [1.54, 1.807) is 19.1 Å². The van der Waals surface area contributed by atoms with Gasteiger partial charge in [-0.25, -0.2) is 0 Å². The summed E-state index contributed by atoms with van der Waals surface area (Å²) >= 11 is 0. The zero-order valence-corrected chi connectivity index (χ0v) is 17.9. The summed E-state index contributed by atoms with van der Waals surface area (Å²) in [5.74, 6) is -0.169. The topological polar surface area (TPSA) is 108 Å². The van der Waals surface area contributed by atoms with Gasteiger partial charge in [-0.3, -0.25) is 9.78 Å². The zero-order valence-electron chi connectivity index (χ0n) is 17.9. The van der Waals surface area contributed by atoms with E-state index in [0.717, 1.165) is 6.20 Å². The van der Waals surface area contributed by atoms with Crippen LogP contribution in [0.2, 0.25) is 0 Å². The maximum absolute atomic E-state index is 13.4. The number of alkyl halides is 3. The van der Waals surface area contributed by atoms with E-state index in [-0.39, 0.29) is 23.5 Å². The molecule has 1 amide bonds. The minimum atomic E-state index is -4.64. The van der Waals surface area contributed by atoms with Gasteiger partial charge in [-0.15, -0.1) is 0 Å². The quantitative estimate of drug-likeness (QED) is 0.573. The fraction of sp³-hybridized carbons (Fsp3) is 0.391. The zero-order chi connectivity index (χ0) is 23.8. The van der Waals surface area contributed by atoms with Gasteiger partial charge < -0.3 is 24.7 Å². The number of nitrogens with zero attached hydrogens (tertiary/aromatic N) is 1. The fourth-order valence-corrected chi connectivity index (χ4v) is 4.45. The molecule has 33 heavy (non-hydrogen) atoms. The van der Waals surface area contributed by atoms with Gasteiger partial charge in [-0.05, 0) is 38.0 Å². The number of aliphatic hydroxyl groups is 1. The second-order valence-corrected chi connectivity index (χ2v) is 8.06. The van der Waals surface area contributed by atoms with Crippen LogP contribution in [0.3, 0.4) is 0 Å². The van der Waals surface area contributed by atoms with Gasteiger partial charge in [0.15, 0.2) is 5.69 Å². The number of carbonyl (C=O) groups is 1. The van der Waals surface area contributed by atoms with E-state index < -0.39 is 29.8 Å². The number of aromatic nitrogens is 1. The van der Waals surface area contributed by atoms with E-state index in [1.807, 2.05) is 0 Å². The predicted molar refractivity (Wildman–Crippen MR) is 112 cm³/mol. The largest absolute Gasteiger partial charge is 0.488 e. The van der Waals surface area contributed by atoms with Gasteiger partial charge in [0.25, 0.3) is 5.91 Å². The first-order chi connectivity index (χ1) is 15.7. The van der Waals surface area contributed by atoms with Crippen molar-refractivity contribution in [3.8, 4) is 5.75 Å². The van der Waals surface area contributed by atoms with Crippen molar-refractivity contribution in [3.63, 3.8) is 0 Å². The second-order valence-electron chi connectivity index (χ2n) is 8.06. The van der Waals surface area contributed by atoms with Crippen molar-refractivity contribution in [2.75, 3.05) is 19.8 Å². The van der Waals surface area contributed by atoms with Gasteiger partial charge >= 0.3 is 6.18 Å². The molecule has 176 valence electrons. The average molecular weight is 464 g/mol. The van der Waals surface area contributed by atoms with E-state index >= 15 is 0 Å². The number of carbonyl (C=O) groups excluding carboxylic acids is 1. The number of amides is 1. The van der Waals surface area contributed by atoms with Crippen molar-refractivity contribution < 1.29 is 37.0 Å². The number of hydrogen-bond acceptors (Lipinski definition) is 6. The predicted octanol–water partition coefficient (Wildman–Crippen LogP) is 3.87. The van der Waals surface area contributed by atoms with Crippen molar-refractivity contribution in [3.05, 3.63) is 58.6 Å². The molecule has 0 saturated carbocycles. The summed E-state index contributed by atoms with van der Waals surface area (Å²) in [5, 5.41) is 10.8. The summed E-state index contributed by atoms with van der Waals surface area (Å²) < 4.78 is 57.3. The molecule has 1 fully saturated rings. The Kier molecular flexibility index (Phi) is 6.06. The Bertz CT molecular complexity index is 1180. The second kappa shape index (κ2) is 8.68. The lowest BCUT2D eigenvalue weighted by Crippen LogP contribution is -2.38. The summed E-state index contributed by atoms with van der Waals surface area (Å²) in [4.78, 5) is 15.7. The van der Waals surface area contributed by atoms with Crippen LogP contribution in [-0.2, 0) is 22.9 Å². The number of aryl methyl sites for hydroxylation is 1. The molecule has 1 aliphatic heterocycles. The van der Waals surface area contributed by atoms with Crippen LogP contribution in [0.15, 0.2) is 34.9 Å². The Balaban J connectivity index is 1.87. The Hall–Kier alpha value is -3.11. The molecule has 4 rings (SSSR count). The molecule has 0 aliphatic carbocycles. The molecule has 1 aromatic carbocycles. The standard InChI is InChI=1S/C23H23F3N2O5/c1-13-17(21(27)30)18-15(33-13)4-5-16(19(18)22(12-29)6-9-31-10-7-22)32-11-14-3-2-8-28-20(14)23(24,25)26/h2-5,8,29H,6-7,9-12H2,1H3,(H2,27,30). The fourth-order valence-electron chi connectivity index (χ4n) is 4.45. The molecular weight excluding hydrogens is 441 g/mol. The highest BCUT2D eigenvalue weighted by Crippen LogP contribution is 2.46. The molecule has 10 heteroatoms. The van der Waals surface area contributed by atoms with Crippen molar-refractivity contribution in [1.29, 1.82) is 0 Å². The minimum Gasteiger partial charge on any atom is -0.488 e. The first kappa shape index (κ1) is 23.1. The monoisotopic (exact) mass is 464 g/mol. The Morgan fingerprint density at radius 2 is 2.00 bits per heavy atom. The maximum atomic E-state index is 13.4. The third-order valence-electron chi connectivity index (χ3n) is 6.07. The number of benzene rings is 1. The summed E-state index contributed by atoms with van der Waals surface area (Å²) in [7, 11) is 0. The average Bonchev–Trinajstić information content (AvgIpc) is 3.13. The van der Waals surface area contributed by atoms with Gasteiger partial charge in [0.05, 0.1) is 12.2 Å². The molecule has 7 nitrogen and oxygen atoms in total. The van der Waals surface area contributed by atoms with Crippen LogP contribution in [0, 0.1) is 6.92 Å². The number of primary amides is 1. The van der Waals surface area contributed by atoms with Crippen LogP contribution in [0.1, 0.15) is 45.8 Å². The summed E-state index contributed by atoms with van der Waals surface area (Å²) in [6.45, 7) is 1.63. The highest BCUT2D eigenvalue weighted by molar-refractivity contribution is 6.08. The van der Waals surface area contributed by atoms with Crippen LogP contribution in [0.5, 0.6) is 5.75 Å². The molecule has 0 spiro atoms. The molecule has 1 aliphatic rings. The Labute approximate surface area is 187 Å². The SMILES string of the molecule is Cc1oc2ccc(OCc3cccnc3C(F)(F)F)c(C3(CO)CCOCC3)c2c1C(N)=O. The number of nitrogens with two attached hydrogens (primary N) is 1. The number of fused-ring (bicyclic) bond motifs is 1. The third kappa shape index (κ3) is 4.16. The van der Waals surface area contributed by atoms with Crippen LogP contribution in [-0.4, -0.2) is 35.8 Å². The highest BCUT2D eigenvalue weighted by Gasteiger charge is 2.40. The van der Waals surface area contributed by atoms with E-state index in [1.165, 1.54) is 12.1 Å². The van der Waals surface area contributed by atoms with E-state index in [9.17, 15) is 23.1 Å². The van der Waals surface area contributed by atoms with Gasteiger partial charge in [0, 0.05) is 41.3 Å². The van der Waals surface area contributed by atoms with Gasteiger partial charge in [-0.2, -0.15) is 13.2 Å². The summed E-state index contributed by atoms with van der Waals surface area (Å²) in [5.41, 5.74) is 4.62. The molecule has 0 radical (unpaired) electrons. The lowest BCUT2D eigenvalue weighted by molar-refractivity contribution is -0.142. The molecule has 1 saturated heterocycles. The molecule has 3 N–H and O–H groups in total. The van der Waals surface area contributed by atoms with Crippen molar-refractivity contribution in [2.45, 2.75) is 38.0 Å². The molecule has 3 heterocycles. The van der Waals surface area contributed by atoms with Gasteiger partial charge in [0.1, 0.15) is 23.7 Å². The lowest BCUT2D eigenvalue weighted by atomic mass is 9.72. The number of aliphatic hydroxyl groups excluding tert-OH is 1. The summed E-state index contributed by atoms with van der Waals surface area (Å²) in [6.07, 6.45) is -2.73. The molecule has 0 unspecified atom stereocenters. The number of halogens is 3. The van der Waals surface area contributed by atoms with Crippen molar-refractivity contribution in [2.24, 2.45) is 5.73 Å². The number of furan rings is 1. The minimum absolute atomic E-state index is 0.139. The number of ether oxygens (including phenoxy) is 2. The first-order valence-electron chi connectivity index (χ1n) is 10.4. The maximum Gasteiger partial charge on any atom is 0.433 e. The molecule has 0 bridgehead atoms. The highest BCUT2D eigenvalue weighted by atomic mass is 19.4. The number of hydrogen-bond donors (Lipinski definition) is 2. The first-order valence-corrected chi connectivity index (χ1v) is 10.4. The normalized spacial score (nSPS) is 16.2. The molecule has 0 atom stereocenters. The van der Waals surface area contributed by atoms with Crippen molar-refractivity contribution >= 4 is 16.9 Å². The molecular formula is C23H23F3N2O5. The van der Waals surface area contributed by atoms with Gasteiger partial charge in [-0.1, -0.05) is 6.07 Å². The van der Waals surface area contributed by atoms with Crippen molar-refractivity contribution in [1.82, 2.24) is 4.98 Å². The number of rotatable bonds is 6. The molecule has 2 aromatic heterocycles. The van der Waals surface area contributed by atoms with Crippen LogP contribution < -0.4 is 10.5 Å². The van der Waals surface area contributed by atoms with E-state index in [2.05, 4.69) is 4.98 Å². The third-order valence-corrected chi connectivity index (χ3v) is 6.07. The summed E-state index contributed by atoms with van der Waals surface area (Å²) in [6, 6.07) is 5.84. The van der Waals surface area contributed by atoms with Crippen LogP contribution in [0.4, 0.5) is 13.2 Å². The number of pyridine rings is 1. The van der Waals surface area contributed by atoms with E-state index in [0.29, 0.717) is 48.3 Å². The Morgan fingerprint density at radius 3 is 2.64 bits per heavy atom. The lowest BCUT2D eigenvalue weighted by Gasteiger charge is -2.37.